The highest BCUT2D eigenvalue weighted by atomic mass is 35.7. The maximum atomic E-state index is 5.97. The normalized spacial score (nSPS) is 22.0. The fourth-order valence-corrected chi connectivity index (χ4v) is 4.71. The minimum atomic E-state index is -0.343. The van der Waals surface area contributed by atoms with Crippen molar-refractivity contribution in [2.24, 2.45) is 0 Å². The summed E-state index contributed by atoms with van der Waals surface area (Å²) in [5.41, 5.74) is 1.09. The Hall–Kier alpha value is 0.370. The fraction of sp³-hybridized carbons (Fsp3) is 0. The molecule has 0 nitrogen and oxygen atoms in total. The van der Waals surface area contributed by atoms with Crippen molar-refractivity contribution in [2.45, 2.75) is 4.90 Å². The zero-order valence-corrected chi connectivity index (χ0v) is 8.53. The highest BCUT2D eigenvalue weighted by Gasteiger charge is 2.17. The van der Waals surface area contributed by atoms with Gasteiger partial charge in [0.1, 0.15) is 0 Å². The Morgan fingerprint density at radius 3 is 2.73 bits per heavy atom. The lowest BCUT2D eigenvalue weighted by Crippen LogP contribution is -1.84. The first kappa shape index (κ1) is 7.99. The van der Waals surface area contributed by atoms with Gasteiger partial charge >= 0.3 is 0 Å². The van der Waals surface area contributed by atoms with Crippen molar-refractivity contribution in [3.05, 3.63) is 29.8 Å². The van der Waals surface area contributed by atoms with Gasteiger partial charge in [-0.15, -0.1) is 0 Å². The first-order valence-electron chi connectivity index (χ1n) is 3.00. The smallest absolute Gasteiger partial charge is 0.0748 e. The molecule has 0 amide bonds. The molecule has 1 unspecified atom stereocenters. The van der Waals surface area contributed by atoms with Gasteiger partial charge in [-0.25, -0.2) is 0 Å². The maximum absolute atomic E-state index is 5.97. The Balaban J connectivity index is 2.60. The number of halogens is 2. The van der Waals surface area contributed by atoms with Crippen molar-refractivity contribution >= 4 is 46.1 Å². The van der Waals surface area contributed by atoms with Crippen LogP contribution in [0.3, 0.4) is 0 Å². The average molecular weight is 223 g/mol. The van der Waals surface area contributed by atoms with Gasteiger partial charge in [0.15, 0.2) is 0 Å². The molecule has 4 heteroatoms. The summed E-state index contributed by atoms with van der Waals surface area (Å²) in [5.74, 6) is 0. The SMILES string of the molecule is ClC1=S(Cl)Sc2ccccc21. The summed E-state index contributed by atoms with van der Waals surface area (Å²) < 4.78 is 0.785. The summed E-state index contributed by atoms with van der Waals surface area (Å²) in [6.07, 6.45) is 0. The van der Waals surface area contributed by atoms with Crippen LogP contribution in [-0.2, 0) is 0 Å². The second kappa shape index (κ2) is 3.02. The van der Waals surface area contributed by atoms with Crippen LogP contribution in [0.1, 0.15) is 5.56 Å². The molecule has 58 valence electrons. The lowest BCUT2D eigenvalue weighted by molar-refractivity contribution is 1.46. The molecule has 0 aromatic heterocycles. The van der Waals surface area contributed by atoms with Crippen LogP contribution in [0.4, 0.5) is 0 Å². The van der Waals surface area contributed by atoms with E-state index in [4.69, 9.17) is 22.3 Å². The van der Waals surface area contributed by atoms with Gasteiger partial charge < -0.3 is 0 Å². The average Bonchev–Trinajstić information content (AvgIpc) is 2.30. The van der Waals surface area contributed by atoms with Crippen LogP contribution in [0.2, 0.25) is 0 Å². The summed E-state index contributed by atoms with van der Waals surface area (Å²) in [4.78, 5) is 1.19. The van der Waals surface area contributed by atoms with Gasteiger partial charge in [0.05, 0.1) is 4.32 Å². The van der Waals surface area contributed by atoms with E-state index in [1.54, 1.807) is 10.8 Å². The lowest BCUT2D eigenvalue weighted by atomic mass is 10.2. The summed E-state index contributed by atoms with van der Waals surface area (Å²) >= 11 is 5.97. The highest BCUT2D eigenvalue weighted by molar-refractivity contribution is 8.93. The van der Waals surface area contributed by atoms with Crippen LogP contribution in [0, 0.1) is 0 Å². The molecule has 0 radical (unpaired) electrons. The Bertz CT molecular complexity index is 333. The third-order valence-corrected chi connectivity index (χ3v) is 6.27. The van der Waals surface area contributed by atoms with Crippen LogP contribution < -0.4 is 0 Å². The van der Waals surface area contributed by atoms with Crippen LogP contribution in [0.5, 0.6) is 0 Å². The Morgan fingerprint density at radius 2 is 2.00 bits per heavy atom. The molecule has 1 heterocycles. The topological polar surface area (TPSA) is 0 Å². The van der Waals surface area contributed by atoms with E-state index in [1.807, 2.05) is 24.3 Å². The van der Waals surface area contributed by atoms with Gasteiger partial charge in [0.25, 0.3) is 0 Å². The second-order valence-corrected chi connectivity index (χ2v) is 7.12. The zero-order valence-electron chi connectivity index (χ0n) is 5.38. The van der Waals surface area contributed by atoms with E-state index in [2.05, 4.69) is 0 Å². The lowest BCUT2D eigenvalue weighted by Gasteiger charge is -1.93. The summed E-state index contributed by atoms with van der Waals surface area (Å²) in [7, 11) is 7.23. The molecule has 0 aliphatic carbocycles. The van der Waals surface area contributed by atoms with Crippen molar-refractivity contribution in [1.29, 1.82) is 0 Å². The monoisotopic (exact) mass is 222 g/mol. The van der Waals surface area contributed by atoms with Crippen LogP contribution in [-0.4, -0.2) is 4.32 Å². The molecule has 1 aromatic carbocycles. The van der Waals surface area contributed by atoms with Crippen molar-refractivity contribution < 1.29 is 0 Å². The van der Waals surface area contributed by atoms with E-state index in [-0.39, 0.29) is 8.73 Å². The van der Waals surface area contributed by atoms with E-state index >= 15 is 0 Å². The molecule has 0 bridgehead atoms. The number of hydrogen-bond acceptors (Lipinski definition) is 1. The summed E-state index contributed by atoms with van der Waals surface area (Å²) in [5, 5.41) is 0. The van der Waals surface area contributed by atoms with E-state index in [9.17, 15) is 0 Å². The molecule has 0 fully saturated rings. The molecule has 0 saturated carbocycles. The Kier molecular flexibility index (Phi) is 2.19. The Labute approximate surface area is 80.7 Å². The van der Waals surface area contributed by atoms with Gasteiger partial charge in [-0.3, -0.25) is 0 Å². The van der Waals surface area contributed by atoms with Gasteiger partial charge in [-0.2, -0.15) is 0 Å². The molecule has 0 spiro atoms. The third-order valence-electron chi connectivity index (χ3n) is 1.40. The number of rotatable bonds is 0. The fourth-order valence-electron chi connectivity index (χ4n) is 0.904. The molecule has 11 heavy (non-hydrogen) atoms. The van der Waals surface area contributed by atoms with E-state index in [1.165, 1.54) is 4.90 Å². The van der Waals surface area contributed by atoms with Crippen LogP contribution in [0.15, 0.2) is 29.2 Å². The zero-order chi connectivity index (χ0) is 7.84. The first-order valence-corrected chi connectivity index (χ1v) is 6.76. The van der Waals surface area contributed by atoms with Crippen LogP contribution in [0.25, 0.3) is 0 Å². The molecule has 1 aliphatic rings. The summed E-state index contributed by atoms with van der Waals surface area (Å²) in [6.45, 7) is 0. The minimum Gasteiger partial charge on any atom is -0.0748 e. The molecule has 0 saturated heterocycles. The molecule has 1 aliphatic heterocycles. The van der Waals surface area contributed by atoms with Gasteiger partial charge in [-0.1, -0.05) is 29.8 Å². The molecular weight excluding hydrogens is 219 g/mol. The van der Waals surface area contributed by atoms with Crippen molar-refractivity contribution in [3.63, 3.8) is 0 Å². The standard InChI is InChI=1S/C7H4Cl2S2/c8-7-5-3-1-2-4-6(5)10-11(7)9/h1-4H. The van der Waals surface area contributed by atoms with Crippen molar-refractivity contribution in [3.8, 4) is 0 Å². The third kappa shape index (κ3) is 1.33. The first-order chi connectivity index (χ1) is 5.29. The molecule has 1 atom stereocenters. The molecule has 0 N–H and O–H groups in total. The predicted octanol–water partition coefficient (Wildman–Crippen LogP) is 3.85. The van der Waals surface area contributed by atoms with Gasteiger partial charge in [0.2, 0.25) is 0 Å². The number of benzene rings is 1. The summed E-state index contributed by atoms with van der Waals surface area (Å²) in [6, 6.07) is 8.01. The maximum Gasteiger partial charge on any atom is 0.0972 e. The van der Waals surface area contributed by atoms with E-state index in [0.717, 1.165) is 9.89 Å². The highest BCUT2D eigenvalue weighted by Crippen LogP contribution is 2.51. The van der Waals surface area contributed by atoms with Crippen molar-refractivity contribution in [1.82, 2.24) is 0 Å². The van der Waals surface area contributed by atoms with Gasteiger partial charge in [-0.05, 0) is 36.3 Å². The van der Waals surface area contributed by atoms with E-state index < -0.39 is 0 Å². The number of hydrogen-bond donors (Lipinski definition) is 0. The molecule has 1 aromatic rings. The second-order valence-electron chi connectivity index (χ2n) is 2.08. The minimum absolute atomic E-state index is 0.343. The quantitative estimate of drug-likeness (QED) is 0.365. The molecular formula is C7H4Cl2S2. The van der Waals surface area contributed by atoms with Crippen LogP contribution >= 0.6 is 41.8 Å². The van der Waals surface area contributed by atoms with Gasteiger partial charge in [0, 0.05) is 10.5 Å². The Morgan fingerprint density at radius 1 is 1.27 bits per heavy atom. The largest absolute Gasteiger partial charge is 0.0972 e. The predicted molar refractivity (Wildman–Crippen MR) is 55.7 cm³/mol. The number of fused-ring (bicyclic) bond motifs is 1. The molecule has 2 rings (SSSR count). The van der Waals surface area contributed by atoms with Crippen molar-refractivity contribution in [2.75, 3.05) is 0 Å². The van der Waals surface area contributed by atoms with E-state index in [0.29, 0.717) is 0 Å².